The van der Waals surface area contributed by atoms with Gasteiger partial charge in [-0.15, -0.1) is 0 Å². The number of rotatable bonds is 2. The molecular formula is C12H13BrFNO3. The maximum absolute atomic E-state index is 13.6. The number of phenolic OH excluding ortho intramolecular Hbond substituents is 1. The normalized spacial score (nSPS) is 23.3. The SMILES string of the molecule is Cc1c(F)cc(Br)c(O)c1C1CC(C(=O)O)CN1. The Kier molecular flexibility index (Phi) is 3.59. The molecule has 1 saturated heterocycles. The minimum absolute atomic E-state index is 0.0301. The van der Waals surface area contributed by atoms with Gasteiger partial charge in [-0.05, 0) is 40.9 Å². The summed E-state index contributed by atoms with van der Waals surface area (Å²) in [6, 6.07) is 0.871. The fraction of sp³-hybridized carbons (Fsp3) is 0.417. The van der Waals surface area contributed by atoms with E-state index in [1.54, 1.807) is 6.92 Å². The second-order valence-electron chi connectivity index (χ2n) is 4.46. The van der Waals surface area contributed by atoms with Gasteiger partial charge >= 0.3 is 5.97 Å². The molecule has 1 aromatic rings. The number of carboxylic acid groups (broad SMARTS) is 1. The molecule has 1 heterocycles. The highest BCUT2D eigenvalue weighted by molar-refractivity contribution is 9.10. The first-order valence-electron chi connectivity index (χ1n) is 5.55. The van der Waals surface area contributed by atoms with Gasteiger partial charge in [0.05, 0.1) is 10.4 Å². The molecule has 6 heteroatoms. The van der Waals surface area contributed by atoms with E-state index in [1.807, 2.05) is 0 Å². The topological polar surface area (TPSA) is 69.6 Å². The quantitative estimate of drug-likeness (QED) is 0.783. The summed E-state index contributed by atoms with van der Waals surface area (Å²) < 4.78 is 13.9. The number of benzene rings is 1. The summed E-state index contributed by atoms with van der Waals surface area (Å²) in [4.78, 5) is 10.9. The molecule has 4 nitrogen and oxygen atoms in total. The van der Waals surface area contributed by atoms with Crippen molar-refractivity contribution in [2.75, 3.05) is 6.54 Å². The van der Waals surface area contributed by atoms with Crippen molar-refractivity contribution in [1.29, 1.82) is 0 Å². The molecule has 18 heavy (non-hydrogen) atoms. The van der Waals surface area contributed by atoms with Gasteiger partial charge in [0.15, 0.2) is 0 Å². The van der Waals surface area contributed by atoms with E-state index in [9.17, 15) is 14.3 Å². The maximum atomic E-state index is 13.6. The van der Waals surface area contributed by atoms with Crippen LogP contribution in [0.5, 0.6) is 5.75 Å². The Morgan fingerprint density at radius 2 is 2.28 bits per heavy atom. The van der Waals surface area contributed by atoms with Gasteiger partial charge in [0.2, 0.25) is 0 Å². The lowest BCUT2D eigenvalue weighted by Gasteiger charge is -2.17. The first-order valence-corrected chi connectivity index (χ1v) is 6.34. The first-order chi connectivity index (χ1) is 8.41. The number of phenols is 1. The Hall–Kier alpha value is -1.14. The highest BCUT2D eigenvalue weighted by Gasteiger charge is 2.33. The summed E-state index contributed by atoms with van der Waals surface area (Å²) in [7, 11) is 0. The largest absolute Gasteiger partial charge is 0.506 e. The van der Waals surface area contributed by atoms with Crippen molar-refractivity contribution in [3.8, 4) is 5.75 Å². The molecule has 0 aliphatic carbocycles. The molecule has 0 saturated carbocycles. The second kappa shape index (κ2) is 4.85. The third-order valence-corrected chi connectivity index (χ3v) is 3.93. The molecule has 2 atom stereocenters. The van der Waals surface area contributed by atoms with Crippen LogP contribution in [0, 0.1) is 18.7 Å². The van der Waals surface area contributed by atoms with Crippen LogP contribution in [0.25, 0.3) is 0 Å². The van der Waals surface area contributed by atoms with Crippen LogP contribution in [0.4, 0.5) is 4.39 Å². The van der Waals surface area contributed by atoms with Crippen LogP contribution < -0.4 is 5.32 Å². The zero-order valence-corrected chi connectivity index (χ0v) is 11.3. The lowest BCUT2D eigenvalue weighted by atomic mass is 9.95. The Labute approximate surface area is 112 Å². The van der Waals surface area contributed by atoms with Crippen LogP contribution in [0.1, 0.15) is 23.6 Å². The summed E-state index contributed by atoms with van der Waals surface area (Å²) in [5.74, 6) is -1.83. The van der Waals surface area contributed by atoms with Crippen LogP contribution >= 0.6 is 15.9 Å². The predicted octanol–water partition coefficient (Wildman–Crippen LogP) is 2.34. The molecule has 3 N–H and O–H groups in total. The summed E-state index contributed by atoms with van der Waals surface area (Å²) in [5.41, 5.74) is 0.782. The van der Waals surface area contributed by atoms with Crippen LogP contribution in [0.3, 0.4) is 0 Å². The highest BCUT2D eigenvalue weighted by atomic mass is 79.9. The average molecular weight is 318 g/mol. The lowest BCUT2D eigenvalue weighted by Crippen LogP contribution is -2.18. The van der Waals surface area contributed by atoms with Crippen LogP contribution in [-0.4, -0.2) is 22.7 Å². The highest BCUT2D eigenvalue weighted by Crippen LogP contribution is 2.40. The third kappa shape index (κ3) is 2.22. The molecule has 0 spiro atoms. The van der Waals surface area contributed by atoms with Crippen molar-refractivity contribution in [2.45, 2.75) is 19.4 Å². The van der Waals surface area contributed by atoms with Crippen LogP contribution in [-0.2, 0) is 4.79 Å². The number of hydrogen-bond acceptors (Lipinski definition) is 3. The zero-order valence-electron chi connectivity index (χ0n) is 9.70. The molecule has 98 valence electrons. The number of carboxylic acids is 1. The number of aliphatic carboxylic acids is 1. The van der Waals surface area contributed by atoms with Crippen molar-refractivity contribution in [3.05, 3.63) is 27.5 Å². The van der Waals surface area contributed by atoms with Gasteiger partial charge in [-0.25, -0.2) is 4.39 Å². The molecule has 0 aromatic heterocycles. The monoisotopic (exact) mass is 317 g/mol. The number of halogens is 2. The van der Waals surface area contributed by atoms with Gasteiger partial charge < -0.3 is 15.5 Å². The van der Waals surface area contributed by atoms with E-state index in [0.717, 1.165) is 0 Å². The minimum atomic E-state index is -0.877. The number of nitrogens with one attached hydrogen (secondary N) is 1. The summed E-state index contributed by atoms with van der Waals surface area (Å²) >= 11 is 3.09. The Morgan fingerprint density at radius 3 is 2.83 bits per heavy atom. The molecule has 1 aliphatic rings. The van der Waals surface area contributed by atoms with Crippen molar-refractivity contribution >= 4 is 21.9 Å². The predicted molar refractivity (Wildman–Crippen MR) is 67.0 cm³/mol. The summed E-state index contributed by atoms with van der Waals surface area (Å²) in [6.07, 6.45) is 0.347. The van der Waals surface area contributed by atoms with E-state index < -0.39 is 17.7 Å². The van der Waals surface area contributed by atoms with Crippen molar-refractivity contribution in [2.24, 2.45) is 5.92 Å². The van der Waals surface area contributed by atoms with Gasteiger partial charge in [0.25, 0.3) is 0 Å². The molecule has 1 aliphatic heterocycles. The van der Waals surface area contributed by atoms with E-state index in [2.05, 4.69) is 21.2 Å². The Balaban J connectivity index is 2.38. The van der Waals surface area contributed by atoms with Gasteiger partial charge in [-0.1, -0.05) is 0 Å². The molecule has 2 unspecified atom stereocenters. The van der Waals surface area contributed by atoms with Crippen LogP contribution in [0.15, 0.2) is 10.5 Å². The van der Waals surface area contributed by atoms with E-state index in [-0.39, 0.29) is 16.3 Å². The Morgan fingerprint density at radius 1 is 1.61 bits per heavy atom. The maximum Gasteiger partial charge on any atom is 0.307 e. The van der Waals surface area contributed by atoms with Crippen molar-refractivity contribution < 1.29 is 19.4 Å². The first kappa shape index (κ1) is 13.3. The van der Waals surface area contributed by atoms with Crippen molar-refractivity contribution in [1.82, 2.24) is 5.32 Å². The van der Waals surface area contributed by atoms with Gasteiger partial charge in [-0.3, -0.25) is 4.79 Å². The Bertz CT molecular complexity index is 480. The molecule has 1 aromatic carbocycles. The molecule has 0 bridgehead atoms. The number of hydrogen-bond donors (Lipinski definition) is 3. The fourth-order valence-electron chi connectivity index (χ4n) is 2.29. The molecular weight excluding hydrogens is 305 g/mol. The van der Waals surface area contributed by atoms with E-state index >= 15 is 0 Å². The lowest BCUT2D eigenvalue weighted by molar-refractivity contribution is -0.141. The summed E-state index contributed by atoms with van der Waals surface area (Å²) in [5, 5.41) is 21.9. The van der Waals surface area contributed by atoms with Gasteiger partial charge in [-0.2, -0.15) is 0 Å². The smallest absolute Gasteiger partial charge is 0.307 e. The van der Waals surface area contributed by atoms with Crippen LogP contribution in [0.2, 0.25) is 0 Å². The molecule has 0 radical (unpaired) electrons. The second-order valence-corrected chi connectivity index (χ2v) is 5.31. The van der Waals surface area contributed by atoms with Gasteiger partial charge in [0, 0.05) is 18.2 Å². The third-order valence-electron chi connectivity index (χ3n) is 3.33. The number of aromatic hydroxyl groups is 1. The summed E-state index contributed by atoms with van der Waals surface area (Å²) in [6.45, 7) is 1.90. The minimum Gasteiger partial charge on any atom is -0.506 e. The number of carbonyl (C=O) groups is 1. The van der Waals surface area contributed by atoms with E-state index in [4.69, 9.17) is 5.11 Å². The standard InChI is InChI=1S/C12H13BrFNO3/c1-5-8(14)3-7(13)11(16)10(5)9-2-6(4-15-9)12(17)18/h3,6,9,15-16H,2,4H2,1H3,(H,17,18). The van der Waals surface area contributed by atoms with Crippen molar-refractivity contribution in [3.63, 3.8) is 0 Å². The molecule has 2 rings (SSSR count). The van der Waals surface area contributed by atoms with Gasteiger partial charge in [0.1, 0.15) is 11.6 Å². The van der Waals surface area contributed by atoms with E-state index in [0.29, 0.717) is 24.1 Å². The zero-order chi connectivity index (χ0) is 13.4. The van der Waals surface area contributed by atoms with E-state index in [1.165, 1.54) is 6.07 Å². The molecule has 0 amide bonds. The molecule has 1 fully saturated rings. The average Bonchev–Trinajstić information content (AvgIpc) is 2.76. The fourth-order valence-corrected chi connectivity index (χ4v) is 2.71.